The van der Waals surface area contributed by atoms with E-state index >= 15 is 0 Å². The number of hydrogen-bond donors (Lipinski definition) is 0. The molecule has 3 aromatic rings. The van der Waals surface area contributed by atoms with Crippen molar-refractivity contribution in [2.75, 3.05) is 13.7 Å². The standard InChI is InChI=1S/C22H21FN2O3S/c1-15(22(27)28-2)13-25(14-16-8-4-3-5-9-16)21(26)19-12-24-20(29-19)17-10-6-7-11-18(17)23/h3-12,15H,13-14H2,1-2H3. The Kier molecular flexibility index (Phi) is 6.72. The highest BCUT2D eigenvalue weighted by Crippen LogP contribution is 2.28. The zero-order chi connectivity index (χ0) is 20.8. The maximum atomic E-state index is 14.1. The van der Waals surface area contributed by atoms with Gasteiger partial charge in [-0.3, -0.25) is 9.59 Å². The lowest BCUT2D eigenvalue weighted by Gasteiger charge is -2.24. The summed E-state index contributed by atoms with van der Waals surface area (Å²) in [6, 6.07) is 15.8. The Bertz CT molecular complexity index is 990. The number of esters is 1. The van der Waals surface area contributed by atoms with Crippen LogP contribution in [0.25, 0.3) is 10.6 Å². The summed E-state index contributed by atoms with van der Waals surface area (Å²) in [4.78, 5) is 31.3. The van der Waals surface area contributed by atoms with Crippen molar-refractivity contribution < 1.29 is 18.7 Å². The maximum absolute atomic E-state index is 14.1. The van der Waals surface area contributed by atoms with Crippen molar-refractivity contribution in [2.45, 2.75) is 13.5 Å². The molecule has 0 bridgehead atoms. The Balaban J connectivity index is 1.86. The number of ether oxygens (including phenoxy) is 1. The molecule has 150 valence electrons. The quantitative estimate of drug-likeness (QED) is 0.540. The molecule has 0 saturated carbocycles. The molecule has 0 saturated heterocycles. The van der Waals surface area contributed by atoms with Gasteiger partial charge in [-0.05, 0) is 17.7 Å². The molecule has 1 atom stereocenters. The first-order valence-corrected chi connectivity index (χ1v) is 9.93. The van der Waals surface area contributed by atoms with E-state index in [1.807, 2.05) is 30.3 Å². The molecular weight excluding hydrogens is 391 g/mol. The number of halogens is 1. The third-order valence-corrected chi connectivity index (χ3v) is 5.44. The fraction of sp³-hybridized carbons (Fsp3) is 0.227. The zero-order valence-corrected chi connectivity index (χ0v) is 17.0. The van der Waals surface area contributed by atoms with Crippen molar-refractivity contribution in [2.24, 2.45) is 5.92 Å². The first-order valence-electron chi connectivity index (χ1n) is 9.11. The molecule has 1 heterocycles. The summed E-state index contributed by atoms with van der Waals surface area (Å²) < 4.78 is 18.8. The van der Waals surface area contributed by atoms with Crippen LogP contribution >= 0.6 is 11.3 Å². The number of nitrogens with zero attached hydrogens (tertiary/aromatic N) is 2. The van der Waals surface area contributed by atoms with Gasteiger partial charge in [-0.25, -0.2) is 9.37 Å². The molecule has 1 aromatic heterocycles. The summed E-state index contributed by atoms with van der Waals surface area (Å²) in [6.45, 7) is 2.26. The second-order valence-corrected chi connectivity index (χ2v) is 7.64. The van der Waals surface area contributed by atoms with Crippen LogP contribution in [0, 0.1) is 11.7 Å². The lowest BCUT2D eigenvalue weighted by molar-refractivity contribution is -0.145. The maximum Gasteiger partial charge on any atom is 0.310 e. The molecule has 0 spiro atoms. The summed E-state index contributed by atoms with van der Waals surface area (Å²) in [6.07, 6.45) is 1.45. The van der Waals surface area contributed by atoms with E-state index in [9.17, 15) is 14.0 Å². The van der Waals surface area contributed by atoms with E-state index < -0.39 is 5.92 Å². The SMILES string of the molecule is COC(=O)C(C)CN(Cc1ccccc1)C(=O)c1cnc(-c2ccccc2F)s1. The summed E-state index contributed by atoms with van der Waals surface area (Å²) in [5.41, 5.74) is 1.30. The van der Waals surface area contributed by atoms with Gasteiger partial charge in [-0.1, -0.05) is 49.4 Å². The van der Waals surface area contributed by atoms with E-state index in [1.165, 1.54) is 19.4 Å². The van der Waals surface area contributed by atoms with E-state index in [1.54, 1.807) is 30.0 Å². The zero-order valence-electron chi connectivity index (χ0n) is 16.2. The molecule has 2 aromatic carbocycles. The van der Waals surface area contributed by atoms with Gasteiger partial charge in [0.2, 0.25) is 0 Å². The van der Waals surface area contributed by atoms with E-state index in [2.05, 4.69) is 4.98 Å². The van der Waals surface area contributed by atoms with Gasteiger partial charge in [0.05, 0.1) is 19.2 Å². The predicted octanol–water partition coefficient (Wildman–Crippen LogP) is 4.40. The average Bonchev–Trinajstić information content (AvgIpc) is 3.23. The van der Waals surface area contributed by atoms with Gasteiger partial charge in [-0.15, -0.1) is 11.3 Å². The molecule has 5 nitrogen and oxygen atoms in total. The number of methoxy groups -OCH3 is 1. The van der Waals surface area contributed by atoms with E-state index in [4.69, 9.17) is 4.74 Å². The third kappa shape index (κ3) is 5.06. The fourth-order valence-electron chi connectivity index (χ4n) is 2.92. The minimum Gasteiger partial charge on any atom is -0.469 e. The summed E-state index contributed by atoms with van der Waals surface area (Å²) in [7, 11) is 1.33. The van der Waals surface area contributed by atoms with E-state index in [0.717, 1.165) is 16.9 Å². The number of aromatic nitrogens is 1. The highest BCUT2D eigenvalue weighted by molar-refractivity contribution is 7.16. The van der Waals surface area contributed by atoms with Crippen LogP contribution in [-0.2, 0) is 16.1 Å². The third-order valence-electron chi connectivity index (χ3n) is 4.42. The summed E-state index contributed by atoms with van der Waals surface area (Å²) in [5.74, 6) is -1.51. The number of rotatable bonds is 7. The van der Waals surface area contributed by atoms with Gasteiger partial charge < -0.3 is 9.64 Å². The van der Waals surface area contributed by atoms with Gasteiger partial charge in [0.1, 0.15) is 15.7 Å². The molecule has 0 aliphatic carbocycles. The van der Waals surface area contributed by atoms with Gasteiger partial charge in [0, 0.05) is 18.7 Å². The number of thiazole rings is 1. The first-order chi connectivity index (χ1) is 14.0. The minimum absolute atomic E-state index is 0.202. The topological polar surface area (TPSA) is 59.5 Å². The van der Waals surface area contributed by atoms with Crippen LogP contribution in [-0.4, -0.2) is 35.4 Å². The van der Waals surface area contributed by atoms with Crippen LogP contribution < -0.4 is 0 Å². The molecule has 29 heavy (non-hydrogen) atoms. The predicted molar refractivity (Wildman–Crippen MR) is 110 cm³/mol. The highest BCUT2D eigenvalue weighted by atomic mass is 32.1. The molecule has 0 aliphatic heterocycles. The van der Waals surface area contributed by atoms with Gasteiger partial charge >= 0.3 is 5.97 Å². The van der Waals surface area contributed by atoms with Crippen molar-refractivity contribution >= 4 is 23.2 Å². The lowest BCUT2D eigenvalue weighted by atomic mass is 10.1. The van der Waals surface area contributed by atoms with Crippen molar-refractivity contribution in [1.29, 1.82) is 0 Å². The van der Waals surface area contributed by atoms with Gasteiger partial charge in [0.25, 0.3) is 5.91 Å². The van der Waals surface area contributed by atoms with Crippen LogP contribution in [0.5, 0.6) is 0 Å². The molecule has 0 fully saturated rings. The van der Waals surface area contributed by atoms with Crippen LogP contribution in [0.3, 0.4) is 0 Å². The Morgan fingerprint density at radius 3 is 2.52 bits per heavy atom. The lowest BCUT2D eigenvalue weighted by Crippen LogP contribution is -2.36. The van der Waals surface area contributed by atoms with E-state index in [-0.39, 0.29) is 24.2 Å². The Labute approximate surface area is 172 Å². The van der Waals surface area contributed by atoms with E-state index in [0.29, 0.717) is 22.0 Å². The van der Waals surface area contributed by atoms with Crippen LogP contribution in [0.15, 0.2) is 60.8 Å². The second-order valence-electron chi connectivity index (χ2n) is 6.60. The Morgan fingerprint density at radius 2 is 1.83 bits per heavy atom. The molecule has 7 heteroatoms. The van der Waals surface area contributed by atoms with Crippen molar-refractivity contribution in [3.8, 4) is 10.6 Å². The first kappa shape index (κ1) is 20.7. The molecule has 1 amide bonds. The van der Waals surface area contributed by atoms with Crippen LogP contribution in [0.2, 0.25) is 0 Å². The van der Waals surface area contributed by atoms with Crippen molar-refractivity contribution in [3.05, 3.63) is 77.1 Å². The summed E-state index contributed by atoms with van der Waals surface area (Å²) in [5, 5.41) is 0.437. The van der Waals surface area contributed by atoms with Crippen molar-refractivity contribution in [3.63, 3.8) is 0 Å². The highest BCUT2D eigenvalue weighted by Gasteiger charge is 2.24. The minimum atomic E-state index is -0.480. The summed E-state index contributed by atoms with van der Waals surface area (Å²) >= 11 is 1.13. The number of carbonyl (C=O) groups is 2. The molecule has 0 aliphatic rings. The molecular formula is C22H21FN2O3S. The normalized spacial score (nSPS) is 11.7. The number of hydrogen-bond acceptors (Lipinski definition) is 5. The number of benzene rings is 2. The number of carbonyl (C=O) groups excluding carboxylic acids is 2. The smallest absolute Gasteiger partial charge is 0.310 e. The van der Waals surface area contributed by atoms with Gasteiger partial charge in [0.15, 0.2) is 0 Å². The van der Waals surface area contributed by atoms with Crippen LogP contribution in [0.4, 0.5) is 4.39 Å². The largest absolute Gasteiger partial charge is 0.469 e. The average molecular weight is 412 g/mol. The van der Waals surface area contributed by atoms with Gasteiger partial charge in [-0.2, -0.15) is 0 Å². The molecule has 1 unspecified atom stereocenters. The Morgan fingerprint density at radius 1 is 1.14 bits per heavy atom. The van der Waals surface area contributed by atoms with Crippen LogP contribution in [0.1, 0.15) is 22.2 Å². The molecule has 0 N–H and O–H groups in total. The number of amides is 1. The Hall–Kier alpha value is -3.06. The monoisotopic (exact) mass is 412 g/mol. The second kappa shape index (κ2) is 9.43. The van der Waals surface area contributed by atoms with Crippen molar-refractivity contribution in [1.82, 2.24) is 9.88 Å². The fourth-order valence-corrected chi connectivity index (χ4v) is 3.83. The molecule has 3 rings (SSSR count). The molecule has 0 radical (unpaired) electrons.